The van der Waals surface area contributed by atoms with Crippen molar-refractivity contribution in [1.29, 1.82) is 0 Å². The van der Waals surface area contributed by atoms with Crippen molar-refractivity contribution in [3.05, 3.63) is 72.6 Å². The molecule has 1 saturated heterocycles. The second-order valence-corrected chi connectivity index (χ2v) is 13.6. The molecule has 2 N–H and O–H groups in total. The zero-order valence-electron chi connectivity index (χ0n) is 23.3. The molecule has 0 bridgehead atoms. The zero-order valence-corrected chi connectivity index (χ0v) is 24.2. The van der Waals surface area contributed by atoms with Crippen molar-refractivity contribution in [1.82, 2.24) is 29.1 Å². The van der Waals surface area contributed by atoms with Gasteiger partial charge in [-0.15, -0.1) is 0 Å². The molecule has 2 aromatic heterocycles. The van der Waals surface area contributed by atoms with Crippen LogP contribution in [0.5, 0.6) is 0 Å². The normalized spacial score (nSPS) is 17.4. The van der Waals surface area contributed by atoms with Crippen LogP contribution in [0.25, 0.3) is 16.7 Å². The molecule has 0 atom stereocenters. The highest BCUT2D eigenvalue weighted by Crippen LogP contribution is 2.28. The average molecular weight is 560 g/mol. The minimum atomic E-state index is -3.60. The van der Waals surface area contributed by atoms with Crippen molar-refractivity contribution in [2.45, 2.75) is 56.6 Å². The van der Waals surface area contributed by atoms with Gasteiger partial charge in [0, 0.05) is 73.5 Å². The molecule has 1 saturated carbocycles. The van der Waals surface area contributed by atoms with Crippen LogP contribution in [0.3, 0.4) is 0 Å². The molecular formula is C30H37N7O2S. The predicted octanol–water partition coefficient (Wildman–Crippen LogP) is 4.52. The summed E-state index contributed by atoms with van der Waals surface area (Å²) in [4.78, 5) is 14.7. The number of benzene rings is 2. The fraction of sp³-hybridized carbons (Fsp3) is 0.400. The zero-order chi connectivity index (χ0) is 27.9. The first kappa shape index (κ1) is 26.9. The van der Waals surface area contributed by atoms with E-state index in [1.165, 1.54) is 31.5 Å². The lowest BCUT2D eigenvalue weighted by molar-refractivity contribution is 0.121. The summed E-state index contributed by atoms with van der Waals surface area (Å²) in [5, 5.41) is 4.22. The number of nitrogens with zero attached hydrogens (tertiary/aromatic N) is 5. The number of rotatable bonds is 8. The molecule has 210 valence electrons. The summed E-state index contributed by atoms with van der Waals surface area (Å²) >= 11 is 0. The summed E-state index contributed by atoms with van der Waals surface area (Å²) in [5.41, 5.74) is 3.24. The molecule has 2 aromatic carbocycles. The first-order valence-electron chi connectivity index (χ1n) is 13.9. The van der Waals surface area contributed by atoms with Gasteiger partial charge < -0.3 is 9.88 Å². The summed E-state index contributed by atoms with van der Waals surface area (Å²) in [7, 11) is -3.60. The third-order valence-electron chi connectivity index (χ3n) is 7.38. The lowest BCUT2D eigenvalue weighted by atomic mass is 10.1. The van der Waals surface area contributed by atoms with E-state index in [1.807, 2.05) is 37.6 Å². The summed E-state index contributed by atoms with van der Waals surface area (Å²) < 4.78 is 30.0. The van der Waals surface area contributed by atoms with Crippen molar-refractivity contribution < 1.29 is 8.42 Å². The van der Waals surface area contributed by atoms with E-state index >= 15 is 0 Å². The van der Waals surface area contributed by atoms with Crippen LogP contribution in [0.1, 0.15) is 39.2 Å². The van der Waals surface area contributed by atoms with E-state index in [-0.39, 0.29) is 4.90 Å². The lowest BCUT2D eigenvalue weighted by Gasteiger charge is -2.34. The van der Waals surface area contributed by atoms with E-state index in [1.54, 1.807) is 30.5 Å². The van der Waals surface area contributed by atoms with Crippen LogP contribution in [-0.2, 0) is 16.6 Å². The maximum absolute atomic E-state index is 12.7. The van der Waals surface area contributed by atoms with Crippen LogP contribution in [-0.4, -0.2) is 70.5 Å². The van der Waals surface area contributed by atoms with Crippen molar-refractivity contribution in [2.24, 2.45) is 0 Å². The van der Waals surface area contributed by atoms with Crippen LogP contribution in [0.15, 0.2) is 71.9 Å². The van der Waals surface area contributed by atoms with E-state index in [2.05, 4.69) is 49.1 Å². The SMILES string of the molecule is CC(C)(C)NS(=O)(=O)c1ccc(-n2ccc3cnc(Nc4ccc(CN5CCN(C6CC6)CC5)cc4)nc32)cc1. The van der Waals surface area contributed by atoms with Crippen LogP contribution in [0, 0.1) is 0 Å². The Morgan fingerprint density at radius 2 is 1.62 bits per heavy atom. The van der Waals surface area contributed by atoms with Gasteiger partial charge in [0.1, 0.15) is 5.65 Å². The first-order chi connectivity index (χ1) is 19.1. The van der Waals surface area contributed by atoms with Gasteiger partial charge in [-0.05, 0) is 81.6 Å². The monoisotopic (exact) mass is 559 g/mol. The fourth-order valence-corrected chi connectivity index (χ4v) is 6.66. The Balaban J connectivity index is 1.13. The number of nitrogens with one attached hydrogen (secondary N) is 2. The van der Waals surface area contributed by atoms with Gasteiger partial charge >= 0.3 is 0 Å². The van der Waals surface area contributed by atoms with Crippen LogP contribution in [0.4, 0.5) is 11.6 Å². The lowest BCUT2D eigenvalue weighted by Crippen LogP contribution is -2.46. The minimum absolute atomic E-state index is 0.226. The average Bonchev–Trinajstić information content (AvgIpc) is 3.68. The number of hydrogen-bond acceptors (Lipinski definition) is 7. The summed E-state index contributed by atoms with van der Waals surface area (Å²) in [6.45, 7) is 11.1. The molecule has 0 unspecified atom stereocenters. The van der Waals surface area contributed by atoms with E-state index in [4.69, 9.17) is 4.98 Å². The van der Waals surface area contributed by atoms with E-state index in [9.17, 15) is 8.42 Å². The molecule has 9 nitrogen and oxygen atoms in total. The van der Waals surface area contributed by atoms with Gasteiger partial charge in [0.25, 0.3) is 0 Å². The van der Waals surface area contributed by atoms with Crippen LogP contribution < -0.4 is 10.0 Å². The number of fused-ring (bicyclic) bond motifs is 1. The molecule has 0 spiro atoms. The number of hydrogen-bond donors (Lipinski definition) is 2. The Labute approximate surface area is 236 Å². The molecule has 6 rings (SSSR count). The van der Waals surface area contributed by atoms with E-state index < -0.39 is 15.6 Å². The van der Waals surface area contributed by atoms with Crippen molar-refractivity contribution >= 4 is 32.7 Å². The van der Waals surface area contributed by atoms with E-state index in [0.29, 0.717) is 5.95 Å². The Morgan fingerprint density at radius 3 is 2.27 bits per heavy atom. The maximum atomic E-state index is 12.7. The topological polar surface area (TPSA) is 95.4 Å². The third kappa shape index (κ3) is 6.20. The standard InChI is InChI=1S/C30H37N7O2S/c1-30(2,3)34-40(38,39)27-12-10-26(11-13-27)37-15-14-23-20-31-29(33-28(23)37)32-24-6-4-22(5-7-24)21-35-16-18-36(19-17-35)25-8-9-25/h4-7,10-15,20,25,34H,8-9,16-19,21H2,1-3H3,(H,31,32,33). The second kappa shape index (κ2) is 10.6. The molecule has 0 amide bonds. The van der Waals surface area contributed by atoms with Gasteiger partial charge in [-0.2, -0.15) is 4.98 Å². The van der Waals surface area contributed by atoms with Crippen LogP contribution >= 0.6 is 0 Å². The van der Waals surface area contributed by atoms with Crippen molar-refractivity contribution in [2.75, 3.05) is 31.5 Å². The molecular weight excluding hydrogens is 522 g/mol. The summed E-state index contributed by atoms with van der Waals surface area (Å²) in [5.74, 6) is 0.505. The molecule has 1 aliphatic heterocycles. The molecule has 2 aliphatic rings. The molecule has 4 aromatic rings. The summed E-state index contributed by atoms with van der Waals surface area (Å²) in [6.07, 6.45) is 6.47. The smallest absolute Gasteiger partial charge is 0.241 e. The fourth-order valence-electron chi connectivity index (χ4n) is 5.24. The Morgan fingerprint density at radius 1 is 0.925 bits per heavy atom. The van der Waals surface area contributed by atoms with Gasteiger partial charge in [0.2, 0.25) is 16.0 Å². The van der Waals surface area contributed by atoms with Gasteiger partial charge in [-0.3, -0.25) is 9.80 Å². The highest BCUT2D eigenvalue weighted by Gasteiger charge is 2.31. The van der Waals surface area contributed by atoms with Gasteiger partial charge in [-0.1, -0.05) is 12.1 Å². The number of piperazine rings is 1. The Kier molecular flexibility index (Phi) is 7.12. The Hall–Kier alpha value is -3.31. The molecule has 3 heterocycles. The number of anilines is 2. The van der Waals surface area contributed by atoms with Crippen molar-refractivity contribution in [3.8, 4) is 5.69 Å². The predicted molar refractivity (Wildman–Crippen MR) is 159 cm³/mol. The largest absolute Gasteiger partial charge is 0.324 e. The van der Waals surface area contributed by atoms with Gasteiger partial charge in [0.05, 0.1) is 4.90 Å². The quantitative estimate of drug-likeness (QED) is 0.328. The molecule has 10 heteroatoms. The maximum Gasteiger partial charge on any atom is 0.241 e. The second-order valence-electron chi connectivity index (χ2n) is 11.9. The highest BCUT2D eigenvalue weighted by atomic mass is 32.2. The van der Waals surface area contributed by atoms with Crippen molar-refractivity contribution in [3.63, 3.8) is 0 Å². The molecule has 40 heavy (non-hydrogen) atoms. The molecule has 1 aliphatic carbocycles. The highest BCUT2D eigenvalue weighted by molar-refractivity contribution is 7.89. The number of sulfonamides is 1. The minimum Gasteiger partial charge on any atom is -0.324 e. The van der Waals surface area contributed by atoms with E-state index in [0.717, 1.165) is 48.1 Å². The van der Waals surface area contributed by atoms with Crippen LogP contribution in [0.2, 0.25) is 0 Å². The molecule has 0 radical (unpaired) electrons. The summed E-state index contributed by atoms with van der Waals surface area (Å²) in [6, 6.07) is 18.1. The molecule has 2 fully saturated rings. The number of aromatic nitrogens is 3. The Bertz CT molecular complexity index is 1580. The third-order valence-corrected chi connectivity index (χ3v) is 9.15. The van der Waals surface area contributed by atoms with Gasteiger partial charge in [0.15, 0.2) is 0 Å². The van der Waals surface area contributed by atoms with Gasteiger partial charge in [-0.25, -0.2) is 18.1 Å². The first-order valence-corrected chi connectivity index (χ1v) is 15.4.